The Labute approximate surface area is 161 Å². The van der Waals surface area contributed by atoms with E-state index in [1.54, 1.807) is 14.0 Å². The average Bonchev–Trinajstić information content (AvgIpc) is 3.12. The molecule has 1 fully saturated rings. The van der Waals surface area contributed by atoms with Crippen LogP contribution in [0.2, 0.25) is 0 Å². The van der Waals surface area contributed by atoms with Gasteiger partial charge in [-0.2, -0.15) is 0 Å². The molecular weight excluding hydrogens is 368 g/mol. The highest BCUT2D eigenvalue weighted by atomic mass is 32.2. The Morgan fingerprint density at radius 2 is 2.08 bits per heavy atom. The maximum atomic E-state index is 11.4. The van der Waals surface area contributed by atoms with E-state index in [1.165, 1.54) is 11.3 Å². The van der Waals surface area contributed by atoms with Crippen LogP contribution in [-0.4, -0.2) is 64.0 Å². The van der Waals surface area contributed by atoms with Crippen molar-refractivity contribution in [2.24, 2.45) is 10.9 Å². The zero-order valence-electron chi connectivity index (χ0n) is 15.6. The Balaban J connectivity index is 1.67. The third-order valence-electron chi connectivity index (χ3n) is 4.36. The standard InChI is InChI=1S/C18H30N4O2S2/c1-3-26(23,24)21-12-7-11-20-18(19-2)22-13-10-16(14-22)15-25-17-8-5-4-6-9-17/h4-6,8-9,16,21H,3,7,10-15H2,1-2H3,(H,19,20). The van der Waals surface area contributed by atoms with Gasteiger partial charge in [0.25, 0.3) is 0 Å². The van der Waals surface area contributed by atoms with Crippen LogP contribution in [0.25, 0.3) is 0 Å². The van der Waals surface area contributed by atoms with Gasteiger partial charge in [0.1, 0.15) is 0 Å². The van der Waals surface area contributed by atoms with Crippen molar-refractivity contribution in [2.45, 2.75) is 24.7 Å². The van der Waals surface area contributed by atoms with Gasteiger partial charge in [-0.1, -0.05) is 18.2 Å². The highest BCUT2D eigenvalue weighted by Gasteiger charge is 2.24. The van der Waals surface area contributed by atoms with Crippen molar-refractivity contribution < 1.29 is 8.42 Å². The molecule has 1 atom stereocenters. The lowest BCUT2D eigenvalue weighted by atomic mass is 10.2. The van der Waals surface area contributed by atoms with E-state index in [-0.39, 0.29) is 5.75 Å². The van der Waals surface area contributed by atoms with Crippen LogP contribution in [0.1, 0.15) is 19.8 Å². The van der Waals surface area contributed by atoms with Crippen LogP contribution in [0.4, 0.5) is 0 Å². The first-order valence-corrected chi connectivity index (χ1v) is 11.8. The molecule has 1 aliphatic heterocycles. The number of guanidine groups is 1. The summed E-state index contributed by atoms with van der Waals surface area (Å²) in [5.41, 5.74) is 0. The Hall–Kier alpha value is -1.25. The molecule has 26 heavy (non-hydrogen) atoms. The molecule has 0 spiro atoms. The van der Waals surface area contributed by atoms with E-state index in [1.807, 2.05) is 17.8 Å². The molecule has 6 nitrogen and oxygen atoms in total. The van der Waals surface area contributed by atoms with Gasteiger partial charge >= 0.3 is 0 Å². The first-order chi connectivity index (χ1) is 12.5. The summed E-state index contributed by atoms with van der Waals surface area (Å²) in [6.45, 7) is 4.84. The van der Waals surface area contributed by atoms with Gasteiger partial charge < -0.3 is 10.2 Å². The second-order valence-corrected chi connectivity index (χ2v) is 9.54. The molecule has 0 radical (unpaired) electrons. The zero-order valence-corrected chi connectivity index (χ0v) is 17.3. The molecule has 0 bridgehead atoms. The lowest BCUT2D eigenvalue weighted by Gasteiger charge is -2.21. The van der Waals surface area contributed by atoms with Gasteiger partial charge in [-0.3, -0.25) is 4.99 Å². The van der Waals surface area contributed by atoms with Crippen LogP contribution >= 0.6 is 11.8 Å². The van der Waals surface area contributed by atoms with Crippen LogP contribution in [0.5, 0.6) is 0 Å². The average molecular weight is 399 g/mol. The van der Waals surface area contributed by atoms with Gasteiger partial charge in [0.05, 0.1) is 5.75 Å². The number of sulfonamides is 1. The second-order valence-electron chi connectivity index (χ2n) is 6.35. The molecule has 146 valence electrons. The molecule has 0 saturated carbocycles. The number of nitrogens with zero attached hydrogens (tertiary/aromatic N) is 2. The summed E-state index contributed by atoms with van der Waals surface area (Å²) in [7, 11) is -1.30. The topological polar surface area (TPSA) is 73.8 Å². The summed E-state index contributed by atoms with van der Waals surface area (Å²) in [5, 5.41) is 3.34. The molecule has 1 aromatic carbocycles. The number of nitrogens with one attached hydrogen (secondary N) is 2. The SMILES string of the molecule is CCS(=O)(=O)NCCCNC(=NC)N1CCC(CSc2ccccc2)C1. The van der Waals surface area contributed by atoms with Crippen molar-refractivity contribution in [1.29, 1.82) is 0 Å². The van der Waals surface area contributed by atoms with Gasteiger partial charge in [0.2, 0.25) is 10.0 Å². The normalized spacial score (nSPS) is 18.3. The molecule has 0 amide bonds. The van der Waals surface area contributed by atoms with Crippen LogP contribution in [0, 0.1) is 5.92 Å². The summed E-state index contributed by atoms with van der Waals surface area (Å²) in [6, 6.07) is 10.5. The molecule has 1 aromatic rings. The van der Waals surface area contributed by atoms with Gasteiger partial charge in [-0.05, 0) is 37.8 Å². The third kappa shape index (κ3) is 7.17. The second kappa shape index (κ2) is 10.8. The van der Waals surface area contributed by atoms with Crippen molar-refractivity contribution in [2.75, 3.05) is 44.7 Å². The first kappa shape index (κ1) is 21.1. The highest BCUT2D eigenvalue weighted by Crippen LogP contribution is 2.25. The van der Waals surface area contributed by atoms with Crippen molar-refractivity contribution in [3.8, 4) is 0 Å². The largest absolute Gasteiger partial charge is 0.356 e. The van der Waals surface area contributed by atoms with E-state index in [9.17, 15) is 8.42 Å². The summed E-state index contributed by atoms with van der Waals surface area (Å²) in [6.07, 6.45) is 1.91. The highest BCUT2D eigenvalue weighted by molar-refractivity contribution is 7.99. The van der Waals surface area contributed by atoms with Crippen molar-refractivity contribution >= 4 is 27.7 Å². The molecule has 2 rings (SSSR count). The van der Waals surface area contributed by atoms with Crippen molar-refractivity contribution in [3.05, 3.63) is 30.3 Å². The molecular formula is C18H30N4O2S2. The lowest BCUT2D eigenvalue weighted by molar-refractivity contribution is 0.473. The monoisotopic (exact) mass is 398 g/mol. The minimum Gasteiger partial charge on any atom is -0.356 e. The van der Waals surface area contributed by atoms with Gasteiger partial charge in [0, 0.05) is 43.9 Å². The third-order valence-corrected chi connectivity index (χ3v) is 7.01. The van der Waals surface area contributed by atoms with E-state index in [4.69, 9.17) is 0 Å². The van der Waals surface area contributed by atoms with Crippen LogP contribution in [0.15, 0.2) is 40.2 Å². The summed E-state index contributed by atoms with van der Waals surface area (Å²) >= 11 is 1.92. The predicted molar refractivity (Wildman–Crippen MR) is 110 cm³/mol. The number of aliphatic imine (C=N–C) groups is 1. The smallest absolute Gasteiger partial charge is 0.211 e. The Morgan fingerprint density at radius 3 is 2.77 bits per heavy atom. The van der Waals surface area contributed by atoms with E-state index in [0.717, 1.165) is 31.2 Å². The van der Waals surface area contributed by atoms with Gasteiger partial charge in [-0.15, -0.1) is 11.8 Å². The van der Waals surface area contributed by atoms with E-state index < -0.39 is 10.0 Å². The van der Waals surface area contributed by atoms with Crippen LogP contribution < -0.4 is 10.0 Å². The number of hydrogen-bond acceptors (Lipinski definition) is 4. The fourth-order valence-electron chi connectivity index (χ4n) is 2.84. The Kier molecular flexibility index (Phi) is 8.74. The predicted octanol–water partition coefficient (Wildman–Crippen LogP) is 2.01. The fourth-order valence-corrected chi connectivity index (χ4v) is 4.55. The summed E-state index contributed by atoms with van der Waals surface area (Å²) in [4.78, 5) is 7.99. The summed E-state index contributed by atoms with van der Waals surface area (Å²) in [5.74, 6) is 2.82. The summed E-state index contributed by atoms with van der Waals surface area (Å²) < 4.78 is 25.4. The molecule has 0 aromatic heterocycles. The van der Waals surface area contributed by atoms with Gasteiger partial charge in [0.15, 0.2) is 5.96 Å². The molecule has 8 heteroatoms. The molecule has 0 aliphatic carbocycles. The van der Waals surface area contributed by atoms with E-state index in [2.05, 4.69) is 44.2 Å². The minimum atomic E-state index is -3.10. The number of likely N-dealkylation sites (tertiary alicyclic amines) is 1. The number of thioether (sulfide) groups is 1. The molecule has 1 saturated heterocycles. The van der Waals surface area contributed by atoms with Crippen LogP contribution in [-0.2, 0) is 10.0 Å². The number of benzene rings is 1. The lowest BCUT2D eigenvalue weighted by Crippen LogP contribution is -2.41. The van der Waals surface area contributed by atoms with E-state index in [0.29, 0.717) is 19.0 Å². The quantitative estimate of drug-likeness (QED) is 0.288. The van der Waals surface area contributed by atoms with Crippen molar-refractivity contribution in [1.82, 2.24) is 14.9 Å². The Bertz CT molecular complexity index is 665. The zero-order chi connectivity index (χ0) is 18.8. The number of rotatable bonds is 9. The minimum absolute atomic E-state index is 0.123. The van der Waals surface area contributed by atoms with Crippen LogP contribution in [0.3, 0.4) is 0 Å². The van der Waals surface area contributed by atoms with Gasteiger partial charge in [-0.25, -0.2) is 13.1 Å². The maximum Gasteiger partial charge on any atom is 0.211 e. The first-order valence-electron chi connectivity index (χ1n) is 9.15. The molecule has 1 heterocycles. The number of hydrogen-bond donors (Lipinski definition) is 2. The van der Waals surface area contributed by atoms with Crippen molar-refractivity contribution in [3.63, 3.8) is 0 Å². The molecule has 2 N–H and O–H groups in total. The molecule has 1 unspecified atom stereocenters. The Morgan fingerprint density at radius 1 is 1.31 bits per heavy atom. The van der Waals surface area contributed by atoms with E-state index >= 15 is 0 Å². The molecule has 1 aliphatic rings. The fraction of sp³-hybridized carbons (Fsp3) is 0.611. The maximum absolute atomic E-state index is 11.4.